The van der Waals surface area contributed by atoms with Gasteiger partial charge in [-0.25, -0.2) is 14.2 Å². The number of carbonyl (C=O) groups excluding carboxylic acids is 2. The van der Waals surface area contributed by atoms with E-state index in [2.05, 4.69) is 26.2 Å². The fourth-order valence-corrected chi connectivity index (χ4v) is 4.57. The second kappa shape index (κ2) is 10.6. The molecule has 4 rings (SSSR count). The van der Waals surface area contributed by atoms with Gasteiger partial charge in [-0.05, 0) is 24.6 Å². The summed E-state index contributed by atoms with van der Waals surface area (Å²) < 4.78 is 27.0. The number of hydrogen-bond acceptors (Lipinski definition) is 8. The molecule has 2 aliphatic heterocycles. The van der Waals surface area contributed by atoms with E-state index in [9.17, 15) is 14.0 Å². The van der Waals surface area contributed by atoms with Crippen molar-refractivity contribution in [2.75, 3.05) is 32.9 Å². The van der Waals surface area contributed by atoms with E-state index in [4.69, 9.17) is 14.5 Å². The van der Waals surface area contributed by atoms with Crippen LogP contribution in [0.25, 0.3) is 0 Å². The number of imidazole rings is 1. The number of hydrogen-bond donors (Lipinski definition) is 1. The molecule has 1 aromatic heterocycles. The zero-order chi connectivity index (χ0) is 24.2. The molecule has 2 atom stereocenters. The quantitative estimate of drug-likeness (QED) is 0.430. The molecule has 3 heterocycles. The Hall–Kier alpha value is -2.89. The van der Waals surface area contributed by atoms with Gasteiger partial charge in [0.25, 0.3) is 0 Å². The first-order valence-electron chi connectivity index (χ1n) is 10.9. The summed E-state index contributed by atoms with van der Waals surface area (Å²) in [6.45, 7) is 3.43. The third kappa shape index (κ3) is 4.96. The number of carbonyl (C=O) groups is 2. The van der Waals surface area contributed by atoms with Gasteiger partial charge in [-0.15, -0.1) is 0 Å². The Morgan fingerprint density at radius 3 is 2.94 bits per heavy atom. The van der Waals surface area contributed by atoms with Gasteiger partial charge in [-0.3, -0.25) is 9.89 Å². The average Bonchev–Trinajstić information content (AvgIpc) is 3.25. The number of aliphatic imine (C=N–C) groups is 1. The number of benzene rings is 1. The van der Waals surface area contributed by atoms with Gasteiger partial charge in [0.15, 0.2) is 11.7 Å². The van der Waals surface area contributed by atoms with E-state index in [0.717, 1.165) is 6.29 Å². The lowest BCUT2D eigenvalue weighted by molar-refractivity contribution is -0.139. The van der Waals surface area contributed by atoms with E-state index in [0.29, 0.717) is 46.1 Å². The molecule has 2 unspecified atom stereocenters. The molecule has 0 spiro atoms. The highest BCUT2D eigenvalue weighted by Gasteiger charge is 2.36. The SMILES string of the molecule is CCOC(=O)C1=C(CN2CCOCC2C=O)NC(c2nccn2C)=NC1c1ccc(F)cc1Br. The summed E-state index contributed by atoms with van der Waals surface area (Å²) in [6, 6.07) is 3.02. The van der Waals surface area contributed by atoms with Crippen molar-refractivity contribution in [3.63, 3.8) is 0 Å². The largest absolute Gasteiger partial charge is 0.463 e. The predicted molar refractivity (Wildman–Crippen MR) is 126 cm³/mol. The van der Waals surface area contributed by atoms with E-state index in [-0.39, 0.29) is 19.8 Å². The summed E-state index contributed by atoms with van der Waals surface area (Å²) in [5.74, 6) is 0.0666. The molecule has 0 bridgehead atoms. The minimum atomic E-state index is -0.785. The summed E-state index contributed by atoms with van der Waals surface area (Å²) in [6.07, 6.45) is 4.28. The molecule has 180 valence electrons. The number of morpholine rings is 1. The number of aryl methyl sites for hydroxylation is 1. The second-order valence-corrected chi connectivity index (χ2v) is 8.75. The van der Waals surface area contributed by atoms with E-state index in [1.165, 1.54) is 12.1 Å². The zero-order valence-electron chi connectivity index (χ0n) is 18.8. The summed E-state index contributed by atoms with van der Waals surface area (Å²) >= 11 is 3.42. The van der Waals surface area contributed by atoms with Crippen molar-refractivity contribution in [1.82, 2.24) is 19.8 Å². The average molecular weight is 534 g/mol. The van der Waals surface area contributed by atoms with E-state index in [1.54, 1.807) is 30.0 Å². The van der Waals surface area contributed by atoms with Gasteiger partial charge < -0.3 is 24.2 Å². The molecule has 1 saturated heterocycles. The monoisotopic (exact) mass is 533 g/mol. The summed E-state index contributed by atoms with van der Waals surface area (Å²) in [5, 5.41) is 3.27. The molecule has 2 aliphatic rings. The highest BCUT2D eigenvalue weighted by molar-refractivity contribution is 9.10. The van der Waals surface area contributed by atoms with Crippen molar-refractivity contribution in [3.05, 3.63) is 63.5 Å². The van der Waals surface area contributed by atoms with Gasteiger partial charge in [0.1, 0.15) is 18.1 Å². The molecule has 0 radical (unpaired) electrons. The lowest BCUT2D eigenvalue weighted by Gasteiger charge is -2.35. The maximum Gasteiger partial charge on any atom is 0.338 e. The van der Waals surface area contributed by atoms with Gasteiger partial charge in [-0.1, -0.05) is 22.0 Å². The lowest BCUT2D eigenvalue weighted by Crippen LogP contribution is -2.49. The highest BCUT2D eigenvalue weighted by Crippen LogP contribution is 2.37. The topological polar surface area (TPSA) is 98.0 Å². The number of halogens is 2. The fourth-order valence-electron chi connectivity index (χ4n) is 4.01. The Morgan fingerprint density at radius 2 is 2.26 bits per heavy atom. The number of nitrogens with zero attached hydrogens (tertiary/aromatic N) is 4. The number of aromatic nitrogens is 2. The van der Waals surface area contributed by atoms with Crippen LogP contribution in [0.15, 0.2) is 51.3 Å². The Morgan fingerprint density at radius 1 is 1.44 bits per heavy atom. The van der Waals surface area contributed by atoms with Crippen LogP contribution in [-0.2, 0) is 26.1 Å². The zero-order valence-corrected chi connectivity index (χ0v) is 20.4. The number of esters is 1. The first-order valence-corrected chi connectivity index (χ1v) is 11.7. The maximum absolute atomic E-state index is 13.9. The first-order chi connectivity index (χ1) is 16.4. The second-order valence-electron chi connectivity index (χ2n) is 7.89. The van der Waals surface area contributed by atoms with E-state index in [1.807, 2.05) is 11.9 Å². The Kier molecular flexibility index (Phi) is 7.54. The van der Waals surface area contributed by atoms with Crippen LogP contribution >= 0.6 is 15.9 Å². The van der Waals surface area contributed by atoms with Gasteiger partial charge in [0.2, 0.25) is 0 Å². The fraction of sp³-hybridized carbons (Fsp3) is 0.391. The summed E-state index contributed by atoms with van der Waals surface area (Å²) in [5.41, 5.74) is 1.44. The van der Waals surface area contributed by atoms with Crippen molar-refractivity contribution >= 4 is 34.0 Å². The van der Waals surface area contributed by atoms with Crippen molar-refractivity contribution in [2.24, 2.45) is 12.0 Å². The Labute approximate surface area is 204 Å². The van der Waals surface area contributed by atoms with Crippen molar-refractivity contribution in [1.29, 1.82) is 0 Å². The van der Waals surface area contributed by atoms with Crippen LogP contribution in [0.1, 0.15) is 24.4 Å². The van der Waals surface area contributed by atoms with Crippen molar-refractivity contribution in [3.8, 4) is 0 Å². The third-order valence-corrected chi connectivity index (χ3v) is 6.40. The first kappa shape index (κ1) is 24.2. The smallest absolute Gasteiger partial charge is 0.338 e. The molecule has 34 heavy (non-hydrogen) atoms. The molecule has 9 nitrogen and oxygen atoms in total. The van der Waals surface area contributed by atoms with Gasteiger partial charge in [-0.2, -0.15) is 0 Å². The molecule has 1 fully saturated rings. The number of nitrogens with one attached hydrogen (secondary N) is 1. The standard InChI is InChI=1S/C23H25BrFN5O4/c1-3-34-23(32)19-18(11-30-8-9-33-13-15(30)12-31)27-21(22-26-6-7-29(22)2)28-20(19)16-5-4-14(25)10-17(16)24/h4-7,10,12,15,20H,3,8-9,11,13H2,1-2H3,(H,27,28). The van der Waals surface area contributed by atoms with Crippen LogP contribution in [0.4, 0.5) is 4.39 Å². The molecule has 1 aromatic carbocycles. The van der Waals surface area contributed by atoms with Crippen LogP contribution in [0, 0.1) is 5.82 Å². The maximum atomic E-state index is 13.9. The molecule has 2 aromatic rings. The number of aldehydes is 1. The van der Waals surface area contributed by atoms with Crippen LogP contribution in [0.5, 0.6) is 0 Å². The van der Waals surface area contributed by atoms with E-state index < -0.39 is 23.9 Å². The Bertz CT molecular complexity index is 1150. The van der Waals surface area contributed by atoms with Crippen LogP contribution in [-0.4, -0.2) is 71.5 Å². The highest BCUT2D eigenvalue weighted by atomic mass is 79.9. The molecule has 11 heteroatoms. The minimum Gasteiger partial charge on any atom is -0.463 e. The van der Waals surface area contributed by atoms with Gasteiger partial charge >= 0.3 is 5.97 Å². The number of rotatable bonds is 7. The van der Waals surface area contributed by atoms with Gasteiger partial charge in [0.05, 0.1) is 31.4 Å². The van der Waals surface area contributed by atoms with Crippen LogP contribution in [0.3, 0.4) is 0 Å². The summed E-state index contributed by atoms with van der Waals surface area (Å²) in [4.78, 5) is 36.0. The number of amidine groups is 1. The van der Waals surface area contributed by atoms with E-state index >= 15 is 0 Å². The minimum absolute atomic E-state index is 0.178. The molecule has 0 amide bonds. The van der Waals surface area contributed by atoms with Crippen molar-refractivity contribution < 1.29 is 23.5 Å². The lowest BCUT2D eigenvalue weighted by atomic mass is 9.95. The van der Waals surface area contributed by atoms with Crippen LogP contribution in [0.2, 0.25) is 0 Å². The van der Waals surface area contributed by atoms with Gasteiger partial charge in [0, 0.05) is 42.7 Å². The summed E-state index contributed by atoms with van der Waals surface area (Å²) in [7, 11) is 1.84. The predicted octanol–water partition coefficient (Wildman–Crippen LogP) is 2.13. The molecule has 0 saturated carbocycles. The normalized spacial score (nSPS) is 21.1. The van der Waals surface area contributed by atoms with Crippen molar-refractivity contribution in [2.45, 2.75) is 19.0 Å². The Balaban J connectivity index is 1.85. The molecular weight excluding hydrogens is 509 g/mol. The third-order valence-electron chi connectivity index (χ3n) is 5.71. The molecule has 0 aliphatic carbocycles. The van der Waals surface area contributed by atoms with Crippen LogP contribution < -0.4 is 5.32 Å². The number of ether oxygens (including phenoxy) is 2. The molecule has 1 N–H and O–H groups in total. The molecular formula is C23H25BrFN5O4.